The normalized spacial score (nSPS) is 16.8. The van der Waals surface area contributed by atoms with E-state index >= 15 is 0 Å². The SMILES string of the molecule is C=CCN(C(=O)C=Cc1cc(OC)c2c(c1)OCCO2)C1CCCC1. The highest BCUT2D eigenvalue weighted by atomic mass is 16.6. The van der Waals surface area contributed by atoms with Crippen LogP contribution in [0.15, 0.2) is 30.9 Å². The monoisotopic (exact) mass is 343 g/mol. The van der Waals surface area contributed by atoms with E-state index in [4.69, 9.17) is 14.2 Å². The van der Waals surface area contributed by atoms with Crippen molar-refractivity contribution < 1.29 is 19.0 Å². The van der Waals surface area contributed by atoms with Crippen LogP contribution in [-0.4, -0.2) is 43.7 Å². The molecular formula is C20H25NO4. The third-order valence-electron chi connectivity index (χ3n) is 4.64. The molecule has 1 aromatic carbocycles. The minimum absolute atomic E-state index is 0.0145. The smallest absolute Gasteiger partial charge is 0.247 e. The molecule has 5 nitrogen and oxygen atoms in total. The Morgan fingerprint density at radius 2 is 2.08 bits per heavy atom. The first-order valence-corrected chi connectivity index (χ1v) is 8.80. The maximum absolute atomic E-state index is 12.6. The minimum Gasteiger partial charge on any atom is -0.493 e. The van der Waals surface area contributed by atoms with E-state index < -0.39 is 0 Å². The molecule has 0 bridgehead atoms. The van der Waals surface area contributed by atoms with Crippen LogP contribution in [0.3, 0.4) is 0 Å². The van der Waals surface area contributed by atoms with Crippen LogP contribution in [-0.2, 0) is 4.79 Å². The molecule has 0 aromatic heterocycles. The van der Waals surface area contributed by atoms with Gasteiger partial charge in [0.2, 0.25) is 11.7 Å². The van der Waals surface area contributed by atoms with E-state index in [-0.39, 0.29) is 5.91 Å². The van der Waals surface area contributed by atoms with Crippen molar-refractivity contribution in [1.29, 1.82) is 0 Å². The van der Waals surface area contributed by atoms with Crippen LogP contribution >= 0.6 is 0 Å². The molecule has 0 radical (unpaired) electrons. The Bertz CT molecular complexity index is 645. The largest absolute Gasteiger partial charge is 0.493 e. The minimum atomic E-state index is 0.0145. The van der Waals surface area contributed by atoms with Crippen LogP contribution in [0.2, 0.25) is 0 Å². The number of amides is 1. The highest BCUT2D eigenvalue weighted by Gasteiger charge is 2.24. The van der Waals surface area contributed by atoms with E-state index in [1.807, 2.05) is 17.0 Å². The predicted molar refractivity (Wildman–Crippen MR) is 97.2 cm³/mol. The van der Waals surface area contributed by atoms with E-state index in [0.29, 0.717) is 43.0 Å². The number of carbonyl (C=O) groups is 1. The number of rotatable bonds is 6. The molecule has 25 heavy (non-hydrogen) atoms. The number of hydrogen-bond donors (Lipinski definition) is 0. The third kappa shape index (κ3) is 3.98. The fourth-order valence-corrected chi connectivity index (χ4v) is 3.43. The van der Waals surface area contributed by atoms with Crippen molar-refractivity contribution in [2.75, 3.05) is 26.9 Å². The van der Waals surface area contributed by atoms with Gasteiger partial charge in [0.25, 0.3) is 0 Å². The molecule has 1 aromatic rings. The molecule has 3 rings (SSSR count). The van der Waals surface area contributed by atoms with E-state index in [1.54, 1.807) is 25.3 Å². The Hall–Kier alpha value is -2.43. The van der Waals surface area contributed by atoms with Crippen molar-refractivity contribution in [3.05, 3.63) is 36.4 Å². The summed E-state index contributed by atoms with van der Waals surface area (Å²) in [4.78, 5) is 14.5. The lowest BCUT2D eigenvalue weighted by molar-refractivity contribution is -0.127. The van der Waals surface area contributed by atoms with Crippen LogP contribution in [0.4, 0.5) is 0 Å². The van der Waals surface area contributed by atoms with Crippen LogP contribution < -0.4 is 14.2 Å². The van der Waals surface area contributed by atoms with Crippen LogP contribution in [0.1, 0.15) is 31.2 Å². The molecule has 0 N–H and O–H groups in total. The molecule has 0 unspecified atom stereocenters. The first-order chi connectivity index (χ1) is 12.2. The van der Waals surface area contributed by atoms with Crippen molar-refractivity contribution in [3.63, 3.8) is 0 Å². The van der Waals surface area contributed by atoms with Crippen molar-refractivity contribution in [2.24, 2.45) is 0 Å². The van der Waals surface area contributed by atoms with Crippen LogP contribution in [0.5, 0.6) is 17.2 Å². The molecule has 2 aliphatic rings. The summed E-state index contributed by atoms with van der Waals surface area (Å²) in [5, 5.41) is 0. The lowest BCUT2D eigenvalue weighted by Crippen LogP contribution is -2.37. The molecular weight excluding hydrogens is 318 g/mol. The Morgan fingerprint density at radius 1 is 1.32 bits per heavy atom. The van der Waals surface area contributed by atoms with Gasteiger partial charge in [-0.25, -0.2) is 0 Å². The Labute approximate surface area is 148 Å². The van der Waals surface area contributed by atoms with Gasteiger partial charge in [-0.15, -0.1) is 6.58 Å². The topological polar surface area (TPSA) is 48.0 Å². The summed E-state index contributed by atoms with van der Waals surface area (Å²) >= 11 is 0. The van der Waals surface area contributed by atoms with Gasteiger partial charge >= 0.3 is 0 Å². The molecule has 1 heterocycles. The zero-order valence-electron chi connectivity index (χ0n) is 14.7. The summed E-state index contributed by atoms with van der Waals surface area (Å²) in [5.41, 5.74) is 0.847. The van der Waals surface area contributed by atoms with Crippen molar-refractivity contribution in [3.8, 4) is 17.2 Å². The Balaban J connectivity index is 1.78. The van der Waals surface area contributed by atoms with Crippen LogP contribution in [0, 0.1) is 0 Å². The van der Waals surface area contributed by atoms with Crippen LogP contribution in [0.25, 0.3) is 6.08 Å². The average molecular weight is 343 g/mol. The highest BCUT2D eigenvalue weighted by Crippen LogP contribution is 2.40. The number of benzene rings is 1. The molecule has 1 aliphatic heterocycles. The second-order valence-electron chi connectivity index (χ2n) is 6.30. The molecule has 5 heteroatoms. The summed E-state index contributed by atoms with van der Waals surface area (Å²) in [6, 6.07) is 4.05. The van der Waals surface area contributed by atoms with E-state index in [9.17, 15) is 4.79 Å². The van der Waals surface area contributed by atoms with Gasteiger partial charge in [-0.1, -0.05) is 18.9 Å². The number of hydrogen-bond acceptors (Lipinski definition) is 4. The molecule has 1 amide bonds. The number of fused-ring (bicyclic) bond motifs is 1. The van der Waals surface area contributed by atoms with Crippen molar-refractivity contribution in [2.45, 2.75) is 31.7 Å². The quantitative estimate of drug-likeness (QED) is 0.586. The predicted octanol–water partition coefficient (Wildman–Crippen LogP) is 3.44. The molecule has 0 saturated heterocycles. The second kappa shape index (κ2) is 8.10. The zero-order chi connectivity index (χ0) is 17.6. The van der Waals surface area contributed by atoms with E-state index in [2.05, 4.69) is 6.58 Å². The summed E-state index contributed by atoms with van der Waals surface area (Å²) in [7, 11) is 1.60. The molecule has 0 spiro atoms. The number of ether oxygens (including phenoxy) is 3. The van der Waals surface area contributed by atoms with Gasteiger partial charge in [-0.05, 0) is 36.6 Å². The molecule has 1 aliphatic carbocycles. The lowest BCUT2D eigenvalue weighted by Gasteiger charge is -2.26. The summed E-state index contributed by atoms with van der Waals surface area (Å²) in [6.45, 7) is 5.38. The van der Waals surface area contributed by atoms with E-state index in [1.165, 1.54) is 12.8 Å². The lowest BCUT2D eigenvalue weighted by atomic mass is 10.1. The van der Waals surface area contributed by atoms with Crippen molar-refractivity contribution >= 4 is 12.0 Å². The third-order valence-corrected chi connectivity index (χ3v) is 4.64. The van der Waals surface area contributed by atoms with Gasteiger partial charge < -0.3 is 19.1 Å². The number of carbonyl (C=O) groups excluding carboxylic acids is 1. The van der Waals surface area contributed by atoms with Crippen molar-refractivity contribution in [1.82, 2.24) is 4.90 Å². The highest BCUT2D eigenvalue weighted by molar-refractivity contribution is 5.92. The van der Waals surface area contributed by atoms with Gasteiger partial charge in [0.1, 0.15) is 13.2 Å². The first-order valence-electron chi connectivity index (χ1n) is 8.80. The Morgan fingerprint density at radius 3 is 2.80 bits per heavy atom. The maximum atomic E-state index is 12.6. The number of methoxy groups -OCH3 is 1. The fraction of sp³-hybridized carbons (Fsp3) is 0.450. The maximum Gasteiger partial charge on any atom is 0.247 e. The summed E-state index contributed by atoms with van der Waals surface area (Å²) in [6.07, 6.45) is 9.73. The standard InChI is InChI=1S/C20H25NO4/c1-3-10-21(16-6-4-5-7-16)19(22)9-8-15-13-17(23-2)20-18(14-15)24-11-12-25-20/h3,8-9,13-14,16H,1,4-7,10-12H2,2H3. The van der Waals surface area contributed by atoms with Gasteiger partial charge in [0.15, 0.2) is 11.5 Å². The van der Waals surface area contributed by atoms with Gasteiger partial charge in [0.05, 0.1) is 7.11 Å². The Kier molecular flexibility index (Phi) is 5.64. The second-order valence-corrected chi connectivity index (χ2v) is 6.30. The molecule has 1 saturated carbocycles. The average Bonchev–Trinajstić information content (AvgIpc) is 3.17. The number of nitrogens with zero attached hydrogens (tertiary/aromatic N) is 1. The zero-order valence-corrected chi connectivity index (χ0v) is 14.7. The molecule has 134 valence electrons. The first kappa shape index (κ1) is 17.4. The molecule has 1 fully saturated rings. The van der Waals surface area contributed by atoms with Gasteiger partial charge in [-0.3, -0.25) is 4.79 Å². The van der Waals surface area contributed by atoms with E-state index in [0.717, 1.165) is 18.4 Å². The summed E-state index contributed by atoms with van der Waals surface area (Å²) < 4.78 is 16.6. The van der Waals surface area contributed by atoms with Gasteiger partial charge in [0, 0.05) is 18.7 Å². The fourth-order valence-electron chi connectivity index (χ4n) is 3.43. The van der Waals surface area contributed by atoms with Gasteiger partial charge in [-0.2, -0.15) is 0 Å². The molecule has 0 atom stereocenters. The summed E-state index contributed by atoms with van der Waals surface area (Å²) in [5.74, 6) is 1.90.